The summed E-state index contributed by atoms with van der Waals surface area (Å²) in [4.78, 5) is 15.6. The quantitative estimate of drug-likeness (QED) is 0.574. The van der Waals surface area contributed by atoms with Crippen LogP contribution in [0.5, 0.6) is 5.75 Å². The maximum atomic E-state index is 11.7. The van der Waals surface area contributed by atoms with Crippen molar-refractivity contribution in [2.45, 2.75) is 20.8 Å². The van der Waals surface area contributed by atoms with Crippen LogP contribution in [-0.4, -0.2) is 25.6 Å². The fourth-order valence-electron chi connectivity index (χ4n) is 1.71. The van der Waals surface area contributed by atoms with Gasteiger partial charge in [0.15, 0.2) is 5.96 Å². The number of nitrogens with two attached hydrogens (primary N) is 1. The highest BCUT2D eigenvalue weighted by molar-refractivity contribution is 6.02. The van der Waals surface area contributed by atoms with E-state index in [1.54, 1.807) is 7.11 Å². The van der Waals surface area contributed by atoms with Gasteiger partial charge in [-0.3, -0.25) is 10.3 Å². The molecule has 0 aliphatic heterocycles. The SMILES string of the molecule is CCN=C(N)NC(=O)Nc1c(C)cc(OC)cc1C. The molecule has 0 saturated heterocycles. The Morgan fingerprint density at radius 2 is 1.95 bits per heavy atom. The number of anilines is 1. The van der Waals surface area contributed by atoms with E-state index in [1.165, 1.54) is 0 Å². The van der Waals surface area contributed by atoms with Crippen molar-refractivity contribution in [3.8, 4) is 5.75 Å². The van der Waals surface area contributed by atoms with E-state index in [2.05, 4.69) is 15.6 Å². The first-order valence-electron chi connectivity index (χ1n) is 6.01. The van der Waals surface area contributed by atoms with Crippen molar-refractivity contribution >= 4 is 17.7 Å². The van der Waals surface area contributed by atoms with Gasteiger partial charge in [-0.2, -0.15) is 0 Å². The number of carbonyl (C=O) groups is 1. The molecule has 0 spiro atoms. The lowest BCUT2D eigenvalue weighted by atomic mass is 10.1. The van der Waals surface area contributed by atoms with Gasteiger partial charge in [0.1, 0.15) is 5.75 Å². The molecule has 0 aromatic heterocycles. The Morgan fingerprint density at radius 1 is 1.37 bits per heavy atom. The smallest absolute Gasteiger partial charge is 0.326 e. The number of benzene rings is 1. The molecule has 0 aliphatic carbocycles. The molecule has 0 unspecified atom stereocenters. The molecule has 0 heterocycles. The summed E-state index contributed by atoms with van der Waals surface area (Å²) in [5.74, 6) is 0.858. The third-order valence-corrected chi connectivity index (χ3v) is 2.55. The van der Waals surface area contributed by atoms with Crippen molar-refractivity contribution in [1.29, 1.82) is 0 Å². The summed E-state index contributed by atoms with van der Waals surface area (Å²) in [5.41, 5.74) is 8.09. The van der Waals surface area contributed by atoms with Crippen molar-refractivity contribution in [3.63, 3.8) is 0 Å². The van der Waals surface area contributed by atoms with E-state index < -0.39 is 6.03 Å². The van der Waals surface area contributed by atoms with Gasteiger partial charge in [-0.05, 0) is 44.0 Å². The minimum atomic E-state index is -0.411. The fraction of sp³-hybridized carbons (Fsp3) is 0.385. The van der Waals surface area contributed by atoms with Crippen molar-refractivity contribution in [2.24, 2.45) is 10.7 Å². The lowest BCUT2D eigenvalue weighted by molar-refractivity contribution is 0.256. The number of guanidine groups is 1. The van der Waals surface area contributed by atoms with Gasteiger partial charge in [0.05, 0.1) is 7.11 Å². The summed E-state index contributed by atoms with van der Waals surface area (Å²) in [6.45, 7) is 6.15. The zero-order valence-electron chi connectivity index (χ0n) is 11.7. The number of aryl methyl sites for hydroxylation is 2. The third kappa shape index (κ3) is 4.17. The van der Waals surface area contributed by atoms with E-state index in [4.69, 9.17) is 10.5 Å². The van der Waals surface area contributed by atoms with Crippen LogP contribution in [0.3, 0.4) is 0 Å². The van der Waals surface area contributed by atoms with Crippen molar-refractivity contribution in [3.05, 3.63) is 23.3 Å². The van der Waals surface area contributed by atoms with E-state index >= 15 is 0 Å². The van der Waals surface area contributed by atoms with Crippen molar-refractivity contribution < 1.29 is 9.53 Å². The summed E-state index contributed by atoms with van der Waals surface area (Å²) in [5, 5.41) is 5.21. The van der Waals surface area contributed by atoms with Gasteiger partial charge in [0.2, 0.25) is 0 Å². The van der Waals surface area contributed by atoms with Crippen LogP contribution in [0.2, 0.25) is 0 Å². The average Bonchev–Trinajstić information content (AvgIpc) is 2.33. The topological polar surface area (TPSA) is 88.7 Å². The number of urea groups is 1. The van der Waals surface area contributed by atoms with Crippen LogP contribution in [0.4, 0.5) is 10.5 Å². The maximum Gasteiger partial charge on any atom is 0.326 e. The number of rotatable bonds is 3. The van der Waals surface area contributed by atoms with Gasteiger partial charge < -0.3 is 15.8 Å². The van der Waals surface area contributed by atoms with Crippen LogP contribution in [0.15, 0.2) is 17.1 Å². The highest BCUT2D eigenvalue weighted by Gasteiger charge is 2.09. The summed E-state index contributed by atoms with van der Waals surface area (Å²) in [6.07, 6.45) is 0. The highest BCUT2D eigenvalue weighted by atomic mass is 16.5. The molecule has 19 heavy (non-hydrogen) atoms. The monoisotopic (exact) mass is 264 g/mol. The molecular weight excluding hydrogens is 244 g/mol. The first kappa shape index (κ1) is 14.8. The number of hydrogen-bond acceptors (Lipinski definition) is 3. The number of nitrogens with one attached hydrogen (secondary N) is 2. The number of carbonyl (C=O) groups excluding carboxylic acids is 1. The number of ether oxygens (including phenoxy) is 1. The first-order chi connectivity index (χ1) is 8.97. The maximum absolute atomic E-state index is 11.7. The molecule has 0 radical (unpaired) electrons. The van der Waals surface area contributed by atoms with E-state index in [1.807, 2.05) is 32.9 Å². The van der Waals surface area contributed by atoms with Crippen LogP contribution in [-0.2, 0) is 0 Å². The van der Waals surface area contributed by atoms with Gasteiger partial charge in [0.25, 0.3) is 0 Å². The van der Waals surface area contributed by atoms with Gasteiger partial charge in [0, 0.05) is 12.2 Å². The predicted molar refractivity (Wildman–Crippen MR) is 76.8 cm³/mol. The van der Waals surface area contributed by atoms with Gasteiger partial charge >= 0.3 is 6.03 Å². The Kier molecular flexibility index (Phi) is 5.17. The molecule has 1 rings (SSSR count). The van der Waals surface area contributed by atoms with Gasteiger partial charge in [-0.15, -0.1) is 0 Å². The zero-order chi connectivity index (χ0) is 14.4. The number of nitrogens with zero attached hydrogens (tertiary/aromatic N) is 1. The molecule has 0 atom stereocenters. The van der Waals surface area contributed by atoms with Crippen LogP contribution in [0.25, 0.3) is 0 Å². The van der Waals surface area contributed by atoms with Gasteiger partial charge in [-0.25, -0.2) is 4.79 Å². The number of methoxy groups -OCH3 is 1. The zero-order valence-corrected chi connectivity index (χ0v) is 11.7. The Morgan fingerprint density at radius 3 is 2.42 bits per heavy atom. The second-order valence-corrected chi connectivity index (χ2v) is 4.07. The Bertz CT molecular complexity index is 474. The molecule has 1 aromatic carbocycles. The largest absolute Gasteiger partial charge is 0.497 e. The Balaban J connectivity index is 2.83. The lowest BCUT2D eigenvalue weighted by Gasteiger charge is -2.13. The second-order valence-electron chi connectivity index (χ2n) is 4.07. The minimum Gasteiger partial charge on any atom is -0.497 e. The predicted octanol–water partition coefficient (Wildman–Crippen LogP) is 1.77. The molecule has 6 nitrogen and oxygen atoms in total. The fourth-order valence-corrected chi connectivity index (χ4v) is 1.71. The van der Waals surface area contributed by atoms with Crippen LogP contribution in [0.1, 0.15) is 18.1 Å². The van der Waals surface area contributed by atoms with E-state index in [-0.39, 0.29) is 5.96 Å². The molecule has 0 saturated carbocycles. The molecular formula is C13H20N4O2. The normalized spacial score (nSPS) is 11.1. The Labute approximate surface area is 113 Å². The molecule has 104 valence electrons. The lowest BCUT2D eigenvalue weighted by Crippen LogP contribution is -2.39. The molecule has 0 bridgehead atoms. The molecule has 4 N–H and O–H groups in total. The van der Waals surface area contributed by atoms with Crippen molar-refractivity contribution in [1.82, 2.24) is 5.32 Å². The molecule has 1 aromatic rings. The van der Waals surface area contributed by atoms with Crippen LogP contribution in [0, 0.1) is 13.8 Å². The van der Waals surface area contributed by atoms with E-state index in [0.29, 0.717) is 6.54 Å². The van der Waals surface area contributed by atoms with Crippen LogP contribution >= 0.6 is 0 Å². The van der Waals surface area contributed by atoms with Crippen molar-refractivity contribution in [2.75, 3.05) is 19.0 Å². The standard InChI is InChI=1S/C13H20N4O2/c1-5-15-12(14)17-13(18)16-11-8(2)6-10(19-4)7-9(11)3/h6-7H,5H2,1-4H3,(H4,14,15,16,17,18). The van der Waals surface area contributed by atoms with Gasteiger partial charge in [-0.1, -0.05) is 0 Å². The number of aliphatic imine (C=N–C) groups is 1. The molecule has 0 fully saturated rings. The number of amides is 2. The highest BCUT2D eigenvalue weighted by Crippen LogP contribution is 2.25. The van der Waals surface area contributed by atoms with E-state index in [9.17, 15) is 4.79 Å². The molecule has 6 heteroatoms. The third-order valence-electron chi connectivity index (χ3n) is 2.55. The first-order valence-corrected chi connectivity index (χ1v) is 6.01. The number of hydrogen-bond donors (Lipinski definition) is 3. The molecule has 0 aliphatic rings. The summed E-state index contributed by atoms with van der Waals surface area (Å²) in [6, 6.07) is 3.30. The average molecular weight is 264 g/mol. The summed E-state index contributed by atoms with van der Waals surface area (Å²) >= 11 is 0. The summed E-state index contributed by atoms with van der Waals surface area (Å²) < 4.78 is 5.16. The van der Waals surface area contributed by atoms with Crippen LogP contribution < -0.4 is 21.1 Å². The second kappa shape index (κ2) is 6.63. The molecule has 2 amide bonds. The van der Waals surface area contributed by atoms with E-state index in [0.717, 1.165) is 22.6 Å². The Hall–Kier alpha value is -2.24. The minimum absolute atomic E-state index is 0.101. The summed E-state index contributed by atoms with van der Waals surface area (Å²) in [7, 11) is 1.61.